The molecule has 1 saturated heterocycles. The number of ether oxygens (including phenoxy) is 1. The minimum atomic E-state index is -3.61. The Morgan fingerprint density at radius 2 is 2.00 bits per heavy atom. The predicted molar refractivity (Wildman–Crippen MR) is 102 cm³/mol. The van der Waals surface area contributed by atoms with E-state index in [0.29, 0.717) is 25.9 Å². The molecule has 0 bridgehead atoms. The summed E-state index contributed by atoms with van der Waals surface area (Å²) in [4.78, 5) is 18.0. The number of rotatable bonds is 3. The number of hydrogen-bond donors (Lipinski definition) is 0. The first kappa shape index (κ1) is 18.5. The summed E-state index contributed by atoms with van der Waals surface area (Å²) in [6, 6.07) is 5.63. The highest BCUT2D eigenvalue weighted by molar-refractivity contribution is 9.10. The quantitative estimate of drug-likeness (QED) is 0.710. The molecule has 0 spiro atoms. The number of hydrogen-bond acceptors (Lipinski definition) is 5. The number of imidazole rings is 1. The van der Waals surface area contributed by atoms with Gasteiger partial charge >= 0.3 is 6.09 Å². The van der Waals surface area contributed by atoms with Crippen molar-refractivity contribution < 1.29 is 17.9 Å². The van der Waals surface area contributed by atoms with Gasteiger partial charge < -0.3 is 9.30 Å². The molecule has 2 aromatic rings. The summed E-state index contributed by atoms with van der Waals surface area (Å²) >= 11 is 3.44. The minimum Gasteiger partial charge on any atom is -0.444 e. The number of piperidine rings is 1. The number of aromatic nitrogens is 2. The summed E-state index contributed by atoms with van der Waals surface area (Å²) in [5.41, 5.74) is 1.77. The van der Waals surface area contributed by atoms with Crippen molar-refractivity contribution in [3.63, 3.8) is 0 Å². The molecule has 10 heteroatoms. The second-order valence-electron chi connectivity index (χ2n) is 6.71. The predicted octanol–water partition coefficient (Wildman–Crippen LogP) is 2.49. The van der Waals surface area contributed by atoms with Crippen LogP contribution in [-0.2, 0) is 28.4 Å². The molecule has 2 aliphatic heterocycles. The lowest BCUT2D eigenvalue weighted by molar-refractivity contribution is 0.135. The van der Waals surface area contributed by atoms with E-state index in [1.165, 1.54) is 16.8 Å². The summed E-state index contributed by atoms with van der Waals surface area (Å²) in [6.45, 7) is 0.912. The normalized spacial score (nSPS) is 19.0. The van der Waals surface area contributed by atoms with Crippen LogP contribution in [0.4, 0.5) is 10.5 Å². The van der Waals surface area contributed by atoms with E-state index in [-0.39, 0.29) is 23.8 Å². The Labute approximate surface area is 165 Å². The van der Waals surface area contributed by atoms with E-state index in [9.17, 15) is 13.2 Å². The Morgan fingerprint density at radius 1 is 1.26 bits per heavy atom. The Morgan fingerprint density at radius 3 is 2.67 bits per heavy atom. The van der Waals surface area contributed by atoms with Gasteiger partial charge in [-0.05, 0) is 31.0 Å². The molecule has 0 saturated carbocycles. The van der Waals surface area contributed by atoms with Gasteiger partial charge in [0.25, 0.3) is 10.0 Å². The Balaban J connectivity index is 1.52. The zero-order valence-corrected chi connectivity index (χ0v) is 17.1. The maximum absolute atomic E-state index is 12.7. The van der Waals surface area contributed by atoms with Crippen LogP contribution in [0.25, 0.3) is 0 Å². The maximum Gasteiger partial charge on any atom is 0.414 e. The number of carbonyl (C=O) groups is 1. The van der Waals surface area contributed by atoms with Gasteiger partial charge in [-0.1, -0.05) is 15.9 Å². The summed E-state index contributed by atoms with van der Waals surface area (Å²) in [6.07, 6.45) is 3.67. The van der Waals surface area contributed by atoms with E-state index in [1.807, 2.05) is 18.2 Å². The average molecular weight is 455 g/mol. The van der Waals surface area contributed by atoms with E-state index in [2.05, 4.69) is 20.9 Å². The van der Waals surface area contributed by atoms with E-state index in [0.717, 1.165) is 15.7 Å². The highest BCUT2D eigenvalue weighted by atomic mass is 79.9. The first-order chi connectivity index (χ1) is 12.9. The standard InChI is InChI=1S/C17H19BrN4O4S/c1-20-9-16(19-11-20)27(24,25)21-6-4-14(5-7-21)22-15-3-2-13(18)8-12(15)10-26-17(22)23/h2-3,8-9,11,14H,4-7,10H2,1H3. The molecule has 0 N–H and O–H groups in total. The number of amides is 1. The summed E-state index contributed by atoms with van der Waals surface area (Å²) < 4.78 is 34.7. The molecular formula is C17H19BrN4O4S. The van der Waals surface area contributed by atoms with Crippen molar-refractivity contribution in [1.29, 1.82) is 0 Å². The van der Waals surface area contributed by atoms with Crippen LogP contribution in [0.3, 0.4) is 0 Å². The first-order valence-corrected chi connectivity index (χ1v) is 10.8. The third-order valence-corrected chi connectivity index (χ3v) is 7.20. The van der Waals surface area contributed by atoms with Crippen LogP contribution in [0, 0.1) is 0 Å². The number of cyclic esters (lactones) is 1. The second kappa shape index (κ2) is 6.92. The number of halogens is 1. The summed E-state index contributed by atoms with van der Waals surface area (Å²) in [5, 5.41) is 0.0519. The fourth-order valence-corrected chi connectivity index (χ4v) is 5.40. The number of nitrogens with zero attached hydrogens (tertiary/aromatic N) is 4. The molecule has 8 nitrogen and oxygen atoms in total. The molecule has 144 valence electrons. The number of benzene rings is 1. The molecule has 4 rings (SSSR count). The Hall–Kier alpha value is -1.91. The highest BCUT2D eigenvalue weighted by Gasteiger charge is 2.37. The van der Waals surface area contributed by atoms with Crippen molar-refractivity contribution in [2.45, 2.75) is 30.5 Å². The van der Waals surface area contributed by atoms with Gasteiger partial charge in [0.15, 0.2) is 5.03 Å². The molecule has 1 amide bonds. The van der Waals surface area contributed by atoms with Gasteiger partial charge in [-0.15, -0.1) is 0 Å². The van der Waals surface area contributed by atoms with Crippen molar-refractivity contribution in [2.24, 2.45) is 7.05 Å². The molecule has 1 fully saturated rings. The van der Waals surface area contributed by atoms with Gasteiger partial charge in [0.05, 0.1) is 12.0 Å². The molecular weight excluding hydrogens is 436 g/mol. The Bertz CT molecular complexity index is 983. The number of aryl methyl sites for hydroxylation is 1. The number of carbonyl (C=O) groups excluding carboxylic acids is 1. The van der Waals surface area contributed by atoms with Gasteiger partial charge in [0.2, 0.25) is 0 Å². The molecule has 0 unspecified atom stereocenters. The van der Waals surface area contributed by atoms with E-state index < -0.39 is 10.0 Å². The molecule has 1 aromatic heterocycles. The zero-order chi connectivity index (χ0) is 19.2. The van der Waals surface area contributed by atoms with Gasteiger partial charge in [-0.25, -0.2) is 18.2 Å². The number of sulfonamides is 1. The third kappa shape index (κ3) is 3.37. The highest BCUT2D eigenvalue weighted by Crippen LogP contribution is 2.34. The molecule has 2 aliphatic rings. The Kier molecular flexibility index (Phi) is 4.73. The van der Waals surface area contributed by atoms with E-state index >= 15 is 0 Å². The lowest BCUT2D eigenvalue weighted by Gasteiger charge is -2.39. The second-order valence-corrected chi connectivity index (χ2v) is 9.51. The largest absolute Gasteiger partial charge is 0.444 e. The van der Waals surface area contributed by atoms with Gasteiger partial charge in [0, 0.05) is 42.4 Å². The number of anilines is 1. The van der Waals surface area contributed by atoms with Crippen LogP contribution in [0.15, 0.2) is 40.2 Å². The van der Waals surface area contributed by atoms with Gasteiger partial charge in [-0.2, -0.15) is 4.31 Å². The van der Waals surface area contributed by atoms with E-state index in [4.69, 9.17) is 4.74 Å². The van der Waals surface area contributed by atoms with Gasteiger partial charge in [0.1, 0.15) is 6.61 Å². The molecule has 1 aromatic carbocycles. The molecule has 0 aliphatic carbocycles. The molecule has 3 heterocycles. The smallest absolute Gasteiger partial charge is 0.414 e. The molecule has 27 heavy (non-hydrogen) atoms. The third-order valence-electron chi connectivity index (χ3n) is 4.92. The van der Waals surface area contributed by atoms with Crippen LogP contribution in [0.1, 0.15) is 18.4 Å². The van der Waals surface area contributed by atoms with Crippen LogP contribution >= 0.6 is 15.9 Å². The molecule has 0 radical (unpaired) electrons. The topological polar surface area (TPSA) is 84.7 Å². The lowest BCUT2D eigenvalue weighted by atomic mass is 10.0. The monoisotopic (exact) mass is 454 g/mol. The van der Waals surface area contributed by atoms with Crippen molar-refractivity contribution in [1.82, 2.24) is 13.9 Å². The van der Waals surface area contributed by atoms with E-state index in [1.54, 1.807) is 16.5 Å². The van der Waals surface area contributed by atoms with Crippen LogP contribution < -0.4 is 4.90 Å². The minimum absolute atomic E-state index is 0.0519. The zero-order valence-electron chi connectivity index (χ0n) is 14.7. The molecule has 0 atom stereocenters. The van der Waals surface area contributed by atoms with Crippen molar-refractivity contribution in [3.8, 4) is 0 Å². The lowest BCUT2D eigenvalue weighted by Crippen LogP contribution is -2.50. The van der Waals surface area contributed by atoms with Gasteiger partial charge in [-0.3, -0.25) is 4.90 Å². The first-order valence-electron chi connectivity index (χ1n) is 8.59. The average Bonchev–Trinajstić information content (AvgIpc) is 3.09. The number of fused-ring (bicyclic) bond motifs is 1. The SMILES string of the molecule is Cn1cnc(S(=O)(=O)N2CCC(N3C(=O)OCc4cc(Br)ccc43)CC2)c1. The summed E-state index contributed by atoms with van der Waals surface area (Å²) in [7, 11) is -1.88. The van der Waals surface area contributed by atoms with Crippen LogP contribution in [0.5, 0.6) is 0 Å². The maximum atomic E-state index is 12.7. The fourth-order valence-electron chi connectivity index (χ4n) is 3.55. The van der Waals surface area contributed by atoms with Crippen LogP contribution in [-0.4, -0.2) is 47.5 Å². The van der Waals surface area contributed by atoms with Crippen LogP contribution in [0.2, 0.25) is 0 Å². The van der Waals surface area contributed by atoms with Crippen molar-refractivity contribution >= 4 is 37.7 Å². The summed E-state index contributed by atoms with van der Waals surface area (Å²) in [5.74, 6) is 0. The fraction of sp³-hybridized carbons (Fsp3) is 0.412. The van der Waals surface area contributed by atoms with Crippen molar-refractivity contribution in [3.05, 3.63) is 40.8 Å². The van der Waals surface area contributed by atoms with Crippen molar-refractivity contribution in [2.75, 3.05) is 18.0 Å².